The van der Waals surface area contributed by atoms with Crippen LogP contribution in [0.3, 0.4) is 0 Å². The van der Waals surface area contributed by atoms with Crippen LogP contribution in [0, 0.1) is 17.7 Å². The topological polar surface area (TPSA) is 147 Å². The summed E-state index contributed by atoms with van der Waals surface area (Å²) in [6, 6.07) is 5.82. The molecule has 0 amide bonds. The summed E-state index contributed by atoms with van der Waals surface area (Å²) < 4.78 is 85.4. The minimum absolute atomic E-state index is 0.168. The summed E-state index contributed by atoms with van der Waals surface area (Å²) in [4.78, 5) is 25.2. The number of hydrogen-bond acceptors (Lipinski definition) is 8. The number of carbonyl (C=O) groups is 2. The van der Waals surface area contributed by atoms with Crippen LogP contribution in [0.5, 0.6) is 0 Å². The lowest BCUT2D eigenvalue weighted by Gasteiger charge is -2.42. The number of rotatable bonds is 4. The smallest absolute Gasteiger partial charge is 0.475 e. The number of hydrogen-bond donors (Lipinski definition) is 3. The molecule has 2 bridgehead atoms. The van der Waals surface area contributed by atoms with Gasteiger partial charge in [0.15, 0.2) is 0 Å². The zero-order valence-electron chi connectivity index (χ0n) is 24.8. The normalized spacial score (nSPS) is 22.3. The second kappa shape index (κ2) is 13.9. The van der Waals surface area contributed by atoms with E-state index >= 15 is 0 Å². The molecule has 2 saturated heterocycles. The molecule has 2 atom stereocenters. The van der Waals surface area contributed by atoms with E-state index in [-0.39, 0.29) is 17.7 Å². The lowest BCUT2D eigenvalue weighted by molar-refractivity contribution is -0.193. The summed E-state index contributed by atoms with van der Waals surface area (Å²) in [5, 5.41) is 27.5. The monoisotopic (exact) mass is 666 g/mol. The van der Waals surface area contributed by atoms with Gasteiger partial charge in [0.25, 0.3) is 5.95 Å². The van der Waals surface area contributed by atoms with Crippen LogP contribution in [0.25, 0.3) is 16.9 Å². The molecule has 3 aromatic rings. The van der Waals surface area contributed by atoms with Crippen LogP contribution >= 0.6 is 0 Å². The Hall–Kier alpha value is -3.80. The molecule has 1 aliphatic carbocycles. The molecule has 1 aromatic carbocycles. The first-order chi connectivity index (χ1) is 21.5. The van der Waals surface area contributed by atoms with E-state index in [9.17, 15) is 30.7 Å². The standard InChI is InChI=1S/C24H31FN6O.2C2HF3O2/c1-14(2)20-18-4-3-5-19(25)22(18)31(28-20)24-27-23(32-29-24)15-8-10-30(11-9-15)21-16-6-7-17(21)13-26-12-16;2*3-2(4,5)1(6)7/h3-5,14-17,21,26H,6-13H2,1-2H3;2*(H,6,7). The van der Waals surface area contributed by atoms with Crippen LogP contribution in [0.4, 0.5) is 30.7 Å². The van der Waals surface area contributed by atoms with Gasteiger partial charge in [-0.05, 0) is 80.8 Å². The van der Waals surface area contributed by atoms with Gasteiger partial charge in [-0.2, -0.15) is 41.1 Å². The Bertz CT molecular complexity index is 1470. The summed E-state index contributed by atoms with van der Waals surface area (Å²) in [7, 11) is 0. The number of piperidine rings is 2. The second-order valence-corrected chi connectivity index (χ2v) is 11.7. The molecule has 254 valence electrons. The van der Waals surface area contributed by atoms with Crippen molar-refractivity contribution < 1.29 is 55.1 Å². The van der Waals surface area contributed by atoms with E-state index in [4.69, 9.17) is 24.3 Å². The number of aliphatic carboxylic acids is 2. The number of benzene rings is 1. The summed E-state index contributed by atoms with van der Waals surface area (Å²) in [6.07, 6.45) is -5.39. The molecule has 3 aliphatic rings. The molecular formula is C28H33F7N6O5. The molecule has 2 aromatic heterocycles. The van der Waals surface area contributed by atoms with Gasteiger partial charge in [-0.25, -0.2) is 14.0 Å². The predicted molar refractivity (Wildman–Crippen MR) is 147 cm³/mol. The van der Waals surface area contributed by atoms with Gasteiger partial charge in [0, 0.05) is 17.3 Å². The number of nitrogens with zero attached hydrogens (tertiary/aromatic N) is 5. The van der Waals surface area contributed by atoms with Gasteiger partial charge in [-0.1, -0.05) is 26.0 Å². The van der Waals surface area contributed by atoms with E-state index < -0.39 is 24.3 Å². The van der Waals surface area contributed by atoms with E-state index in [0.717, 1.165) is 54.9 Å². The maximum atomic E-state index is 14.7. The van der Waals surface area contributed by atoms with E-state index in [0.29, 0.717) is 17.4 Å². The van der Waals surface area contributed by atoms with Crippen molar-refractivity contribution in [1.82, 2.24) is 30.1 Å². The van der Waals surface area contributed by atoms with Crippen molar-refractivity contribution in [1.29, 1.82) is 0 Å². The average Bonchev–Trinajstić information content (AvgIpc) is 3.67. The highest BCUT2D eigenvalue weighted by atomic mass is 19.4. The number of fused-ring (bicyclic) bond motifs is 3. The number of carboxylic acid groups (broad SMARTS) is 2. The summed E-state index contributed by atoms with van der Waals surface area (Å²) in [5.74, 6) is -2.83. The molecule has 1 saturated carbocycles. The van der Waals surface area contributed by atoms with Gasteiger partial charge >= 0.3 is 24.3 Å². The number of halogens is 7. The fraction of sp³-hybridized carbons (Fsp3) is 0.607. The van der Waals surface area contributed by atoms with E-state index in [1.807, 2.05) is 6.07 Å². The van der Waals surface area contributed by atoms with Gasteiger partial charge in [0.2, 0.25) is 5.89 Å². The summed E-state index contributed by atoms with van der Waals surface area (Å²) in [5.41, 5.74) is 1.26. The second-order valence-electron chi connectivity index (χ2n) is 11.7. The van der Waals surface area contributed by atoms with E-state index in [1.165, 1.54) is 36.7 Å². The van der Waals surface area contributed by atoms with Gasteiger partial charge in [0.1, 0.15) is 11.3 Å². The third kappa shape index (κ3) is 7.94. The van der Waals surface area contributed by atoms with Crippen molar-refractivity contribution in [2.45, 2.75) is 69.8 Å². The van der Waals surface area contributed by atoms with Crippen LogP contribution in [0.1, 0.15) is 63.0 Å². The molecule has 2 aliphatic heterocycles. The molecule has 6 rings (SSSR count). The Morgan fingerprint density at radius 2 is 1.50 bits per heavy atom. The number of carboxylic acids is 2. The van der Waals surface area contributed by atoms with Crippen molar-refractivity contribution in [2.24, 2.45) is 11.8 Å². The zero-order valence-corrected chi connectivity index (χ0v) is 24.8. The first-order valence-electron chi connectivity index (χ1n) is 14.5. The van der Waals surface area contributed by atoms with Gasteiger partial charge in [-0.3, -0.25) is 4.90 Å². The fourth-order valence-electron chi connectivity index (χ4n) is 6.29. The Morgan fingerprint density at radius 1 is 0.957 bits per heavy atom. The highest BCUT2D eigenvalue weighted by Gasteiger charge is 2.43. The van der Waals surface area contributed by atoms with Crippen LogP contribution in [-0.4, -0.2) is 91.5 Å². The molecule has 18 heteroatoms. The highest BCUT2D eigenvalue weighted by Crippen LogP contribution is 2.40. The molecule has 11 nitrogen and oxygen atoms in total. The largest absolute Gasteiger partial charge is 0.490 e. The lowest BCUT2D eigenvalue weighted by atomic mass is 9.88. The highest BCUT2D eigenvalue weighted by molar-refractivity contribution is 5.84. The number of aromatic nitrogens is 4. The SMILES string of the molecule is CC(C)c1nn(-c2noc(C3CCN(C4C5CCC4CNC5)CC3)n2)c2c(F)cccc12.O=C(O)C(F)(F)F.O=C(O)C(F)(F)F. The molecule has 0 spiro atoms. The quantitative estimate of drug-likeness (QED) is 0.321. The molecular weight excluding hydrogens is 633 g/mol. The number of nitrogens with one attached hydrogen (secondary N) is 1. The maximum Gasteiger partial charge on any atom is 0.490 e. The zero-order chi connectivity index (χ0) is 34.0. The molecule has 3 fully saturated rings. The van der Waals surface area contributed by atoms with Crippen LogP contribution in [-0.2, 0) is 9.59 Å². The minimum Gasteiger partial charge on any atom is -0.475 e. The Labute approximate surface area is 257 Å². The van der Waals surface area contributed by atoms with Crippen molar-refractivity contribution in [3.05, 3.63) is 35.6 Å². The van der Waals surface area contributed by atoms with E-state index in [2.05, 4.69) is 39.3 Å². The Morgan fingerprint density at radius 3 is 2.00 bits per heavy atom. The average molecular weight is 667 g/mol. The maximum absolute atomic E-state index is 14.7. The first kappa shape index (κ1) is 35.1. The van der Waals surface area contributed by atoms with Crippen molar-refractivity contribution in [2.75, 3.05) is 26.2 Å². The van der Waals surface area contributed by atoms with Crippen LogP contribution in [0.15, 0.2) is 22.7 Å². The van der Waals surface area contributed by atoms with Crippen molar-refractivity contribution in [3.8, 4) is 5.95 Å². The third-order valence-electron chi connectivity index (χ3n) is 8.32. The number of likely N-dealkylation sites (tertiary alicyclic amines) is 1. The van der Waals surface area contributed by atoms with Crippen molar-refractivity contribution >= 4 is 22.8 Å². The molecule has 46 heavy (non-hydrogen) atoms. The molecule has 4 heterocycles. The molecule has 2 unspecified atom stereocenters. The summed E-state index contributed by atoms with van der Waals surface area (Å²) >= 11 is 0. The number of alkyl halides is 6. The Kier molecular flexibility index (Phi) is 10.6. The van der Waals surface area contributed by atoms with Crippen LogP contribution in [0.2, 0.25) is 0 Å². The Balaban J connectivity index is 0.000000289. The first-order valence-corrected chi connectivity index (χ1v) is 14.5. The third-order valence-corrected chi connectivity index (χ3v) is 8.32. The van der Waals surface area contributed by atoms with Crippen molar-refractivity contribution in [3.63, 3.8) is 0 Å². The van der Waals surface area contributed by atoms with E-state index in [1.54, 1.807) is 6.07 Å². The van der Waals surface area contributed by atoms with Gasteiger partial charge < -0.3 is 20.1 Å². The fourth-order valence-corrected chi connectivity index (χ4v) is 6.29. The minimum atomic E-state index is -5.08. The van der Waals surface area contributed by atoms with Crippen LogP contribution < -0.4 is 5.32 Å². The van der Waals surface area contributed by atoms with Gasteiger partial charge in [0.05, 0.1) is 5.69 Å². The number of para-hydroxylation sites is 1. The summed E-state index contributed by atoms with van der Waals surface area (Å²) in [6.45, 7) is 8.61. The van der Waals surface area contributed by atoms with Gasteiger partial charge in [-0.15, -0.1) is 0 Å². The predicted octanol–water partition coefficient (Wildman–Crippen LogP) is 5.12. The molecule has 0 radical (unpaired) electrons. The molecule has 3 N–H and O–H groups in total. The lowest BCUT2D eigenvalue weighted by Crippen LogP contribution is -2.53.